The van der Waals surface area contributed by atoms with Gasteiger partial charge >= 0.3 is 0 Å². The summed E-state index contributed by atoms with van der Waals surface area (Å²) in [4.78, 5) is 0. The lowest BCUT2D eigenvalue weighted by atomic mass is 9.98. The first kappa shape index (κ1) is 12.6. The molecule has 0 unspecified atom stereocenters. The van der Waals surface area contributed by atoms with E-state index in [0.717, 1.165) is 5.75 Å². The van der Waals surface area contributed by atoms with Gasteiger partial charge in [0.25, 0.3) is 0 Å². The summed E-state index contributed by atoms with van der Waals surface area (Å²) in [6.45, 7) is 6.39. The van der Waals surface area contributed by atoms with Crippen LogP contribution >= 0.6 is 0 Å². The maximum Gasteiger partial charge on any atom is 0.130 e. The molecule has 1 nitrogen and oxygen atoms in total. The first-order valence-electron chi connectivity index (χ1n) is 6.10. The summed E-state index contributed by atoms with van der Waals surface area (Å²) < 4.78 is 18.7. The third-order valence-corrected chi connectivity index (χ3v) is 2.90. The molecule has 0 aliphatic carbocycles. The van der Waals surface area contributed by atoms with Crippen molar-refractivity contribution in [2.75, 3.05) is 0 Å². The number of hydrogen-bond acceptors (Lipinski definition) is 1. The van der Waals surface area contributed by atoms with Crippen molar-refractivity contribution >= 4 is 0 Å². The Morgan fingerprint density at radius 1 is 1.00 bits per heavy atom. The molecule has 2 aromatic rings. The molecule has 0 atom stereocenters. The minimum atomic E-state index is -0.289. The van der Waals surface area contributed by atoms with Gasteiger partial charge in [-0.15, -0.1) is 0 Å². The van der Waals surface area contributed by atoms with Gasteiger partial charge < -0.3 is 4.74 Å². The zero-order valence-corrected chi connectivity index (χ0v) is 10.9. The van der Waals surface area contributed by atoms with Gasteiger partial charge in [-0.3, -0.25) is 0 Å². The lowest BCUT2D eigenvalue weighted by Gasteiger charge is -2.12. The van der Waals surface area contributed by atoms with E-state index in [1.165, 1.54) is 23.3 Å². The Hall–Kier alpha value is -1.83. The molecule has 0 aliphatic rings. The summed E-state index contributed by atoms with van der Waals surface area (Å²) in [5.74, 6) is 1.46. The van der Waals surface area contributed by atoms with Gasteiger partial charge in [-0.25, -0.2) is 4.39 Å². The Bertz CT molecular complexity index is 547. The molecule has 0 radical (unpaired) electrons. The lowest BCUT2D eigenvalue weighted by molar-refractivity contribution is 0.476. The van der Waals surface area contributed by atoms with Crippen LogP contribution in [0.2, 0.25) is 0 Å². The Morgan fingerprint density at radius 3 is 2.33 bits per heavy atom. The van der Waals surface area contributed by atoms with Crippen LogP contribution in [0.25, 0.3) is 0 Å². The predicted molar refractivity (Wildman–Crippen MR) is 71.7 cm³/mol. The summed E-state index contributed by atoms with van der Waals surface area (Å²) in [5, 5.41) is 0. The average Bonchev–Trinajstić information content (AvgIpc) is 2.28. The van der Waals surface area contributed by atoms with Crippen LogP contribution in [0.4, 0.5) is 4.39 Å². The smallest absolute Gasteiger partial charge is 0.130 e. The monoisotopic (exact) mass is 244 g/mol. The van der Waals surface area contributed by atoms with Crippen LogP contribution in [-0.2, 0) is 0 Å². The molecule has 2 aromatic carbocycles. The van der Waals surface area contributed by atoms with Crippen molar-refractivity contribution in [2.24, 2.45) is 0 Å². The summed E-state index contributed by atoms with van der Waals surface area (Å²) in [7, 11) is 0. The van der Waals surface area contributed by atoms with E-state index < -0.39 is 0 Å². The average molecular weight is 244 g/mol. The maximum absolute atomic E-state index is 13.0. The molecule has 0 aromatic heterocycles. The molecule has 0 aliphatic heterocycles. The Morgan fingerprint density at radius 2 is 1.72 bits per heavy atom. The number of hydrogen-bond donors (Lipinski definition) is 0. The fourth-order valence-corrected chi connectivity index (χ4v) is 2.03. The van der Waals surface area contributed by atoms with Crippen LogP contribution in [0.15, 0.2) is 42.5 Å². The van der Waals surface area contributed by atoms with Gasteiger partial charge in [-0.2, -0.15) is 0 Å². The fraction of sp³-hybridized carbons (Fsp3) is 0.250. The minimum Gasteiger partial charge on any atom is -0.457 e. The van der Waals surface area contributed by atoms with Gasteiger partial charge in [0.05, 0.1) is 0 Å². The van der Waals surface area contributed by atoms with Crippen molar-refractivity contribution in [2.45, 2.75) is 26.7 Å². The Kier molecular flexibility index (Phi) is 3.66. The topological polar surface area (TPSA) is 9.23 Å². The molecule has 2 rings (SSSR count). The SMILES string of the molecule is Cc1cc(Oc2cccc(F)c2)ccc1C(C)C. The van der Waals surface area contributed by atoms with Gasteiger partial charge in [0.15, 0.2) is 0 Å². The van der Waals surface area contributed by atoms with Crippen LogP contribution in [0, 0.1) is 12.7 Å². The fourth-order valence-electron chi connectivity index (χ4n) is 2.03. The van der Waals surface area contributed by atoms with Crippen LogP contribution in [0.3, 0.4) is 0 Å². The van der Waals surface area contributed by atoms with Crippen molar-refractivity contribution in [1.29, 1.82) is 0 Å². The number of ether oxygens (including phenoxy) is 1. The van der Waals surface area contributed by atoms with E-state index in [9.17, 15) is 4.39 Å². The highest BCUT2D eigenvalue weighted by Crippen LogP contribution is 2.27. The van der Waals surface area contributed by atoms with Crippen LogP contribution in [0.5, 0.6) is 11.5 Å². The van der Waals surface area contributed by atoms with Crippen molar-refractivity contribution < 1.29 is 9.13 Å². The van der Waals surface area contributed by atoms with Crippen molar-refractivity contribution in [3.63, 3.8) is 0 Å². The van der Waals surface area contributed by atoms with Gasteiger partial charge in [-0.1, -0.05) is 26.0 Å². The van der Waals surface area contributed by atoms with Crippen LogP contribution in [0.1, 0.15) is 30.9 Å². The molecule has 0 saturated carbocycles. The molecule has 0 heterocycles. The summed E-state index contributed by atoms with van der Waals surface area (Å²) in [5.41, 5.74) is 2.50. The molecular formula is C16H17FO. The van der Waals surface area contributed by atoms with E-state index in [0.29, 0.717) is 11.7 Å². The third-order valence-electron chi connectivity index (χ3n) is 2.90. The zero-order valence-electron chi connectivity index (χ0n) is 10.9. The number of rotatable bonds is 3. The van der Waals surface area contributed by atoms with E-state index in [1.54, 1.807) is 12.1 Å². The second-order valence-electron chi connectivity index (χ2n) is 4.73. The van der Waals surface area contributed by atoms with E-state index in [-0.39, 0.29) is 5.82 Å². The van der Waals surface area contributed by atoms with Gasteiger partial charge in [-0.05, 0) is 48.2 Å². The van der Waals surface area contributed by atoms with Gasteiger partial charge in [0.2, 0.25) is 0 Å². The molecular weight excluding hydrogens is 227 g/mol. The second-order valence-corrected chi connectivity index (χ2v) is 4.73. The third kappa shape index (κ3) is 2.89. The first-order valence-corrected chi connectivity index (χ1v) is 6.10. The quantitative estimate of drug-likeness (QED) is 0.734. The molecule has 0 spiro atoms. The molecule has 0 fully saturated rings. The Balaban J connectivity index is 2.23. The lowest BCUT2D eigenvalue weighted by Crippen LogP contribution is -1.93. The highest BCUT2D eigenvalue weighted by atomic mass is 19.1. The number of halogens is 1. The molecule has 0 amide bonds. The first-order chi connectivity index (χ1) is 8.56. The molecule has 0 N–H and O–H groups in total. The largest absolute Gasteiger partial charge is 0.457 e. The summed E-state index contributed by atoms with van der Waals surface area (Å²) >= 11 is 0. The molecule has 2 heteroatoms. The van der Waals surface area contributed by atoms with E-state index >= 15 is 0 Å². The predicted octanol–water partition coefficient (Wildman–Crippen LogP) is 5.05. The van der Waals surface area contributed by atoms with Crippen molar-refractivity contribution in [3.05, 3.63) is 59.4 Å². The molecule has 0 bridgehead atoms. The van der Waals surface area contributed by atoms with Gasteiger partial charge in [0.1, 0.15) is 17.3 Å². The van der Waals surface area contributed by atoms with Gasteiger partial charge in [0, 0.05) is 6.07 Å². The summed E-state index contributed by atoms with van der Waals surface area (Å²) in [6, 6.07) is 12.1. The normalized spacial score (nSPS) is 10.7. The Labute approximate surface area is 107 Å². The highest BCUT2D eigenvalue weighted by Gasteiger charge is 2.05. The second kappa shape index (κ2) is 5.21. The molecule has 0 saturated heterocycles. The number of benzene rings is 2. The summed E-state index contributed by atoms with van der Waals surface area (Å²) in [6.07, 6.45) is 0. The molecule has 94 valence electrons. The van der Waals surface area contributed by atoms with Crippen molar-refractivity contribution in [3.8, 4) is 11.5 Å². The van der Waals surface area contributed by atoms with E-state index in [4.69, 9.17) is 4.74 Å². The maximum atomic E-state index is 13.0. The number of aryl methyl sites for hydroxylation is 1. The van der Waals surface area contributed by atoms with Crippen LogP contribution in [-0.4, -0.2) is 0 Å². The van der Waals surface area contributed by atoms with E-state index in [2.05, 4.69) is 26.8 Å². The minimum absolute atomic E-state index is 0.289. The van der Waals surface area contributed by atoms with Crippen molar-refractivity contribution in [1.82, 2.24) is 0 Å². The highest BCUT2D eigenvalue weighted by molar-refractivity contribution is 5.39. The zero-order chi connectivity index (χ0) is 13.1. The van der Waals surface area contributed by atoms with Crippen LogP contribution < -0.4 is 4.74 Å². The standard InChI is InChI=1S/C16H17FO/c1-11(2)16-8-7-15(9-12(16)3)18-14-6-4-5-13(17)10-14/h4-11H,1-3H3. The molecule has 18 heavy (non-hydrogen) atoms. The van der Waals surface area contributed by atoms with E-state index in [1.807, 2.05) is 12.1 Å².